The second-order valence-corrected chi connectivity index (χ2v) is 8.59. The van der Waals surface area contributed by atoms with Crippen molar-refractivity contribution in [1.82, 2.24) is 9.29 Å². The number of benzene rings is 1. The van der Waals surface area contributed by atoms with Crippen molar-refractivity contribution in [2.24, 2.45) is 5.92 Å². The largest absolute Gasteiger partial charge is 0.302 e. The van der Waals surface area contributed by atoms with Gasteiger partial charge in [-0.2, -0.15) is 0 Å². The number of carbonyl (C=O) groups excluding carboxylic acids is 1. The van der Waals surface area contributed by atoms with E-state index in [1.54, 1.807) is 6.07 Å². The Labute approximate surface area is 137 Å². The molecule has 2 heterocycles. The highest BCUT2D eigenvalue weighted by atomic mass is 32.2. The minimum Gasteiger partial charge on any atom is -0.302 e. The maximum atomic E-state index is 13.2. The summed E-state index contributed by atoms with van der Waals surface area (Å²) < 4.78 is 38.4. The van der Waals surface area contributed by atoms with Gasteiger partial charge in [0, 0.05) is 13.1 Å². The Morgan fingerprint density at radius 1 is 1.48 bits per heavy atom. The number of fused-ring (bicyclic) bond motifs is 1. The van der Waals surface area contributed by atoms with Gasteiger partial charge in [0.2, 0.25) is 15.9 Å². The lowest BCUT2D eigenvalue weighted by Gasteiger charge is -2.29. The zero-order valence-corrected chi connectivity index (χ0v) is 14.1. The van der Waals surface area contributed by atoms with Crippen LogP contribution in [0.5, 0.6) is 0 Å². The van der Waals surface area contributed by atoms with Gasteiger partial charge in [-0.25, -0.2) is 22.1 Å². The number of thiazole rings is 1. The Morgan fingerprint density at radius 2 is 2.26 bits per heavy atom. The Bertz CT molecular complexity index is 850. The Balaban J connectivity index is 1.72. The van der Waals surface area contributed by atoms with Crippen LogP contribution in [-0.4, -0.2) is 43.0 Å². The predicted octanol–water partition coefficient (Wildman–Crippen LogP) is 2.05. The normalized spacial score (nSPS) is 19.8. The van der Waals surface area contributed by atoms with Gasteiger partial charge in [-0.1, -0.05) is 11.3 Å². The topological polar surface area (TPSA) is 79.4 Å². The van der Waals surface area contributed by atoms with E-state index >= 15 is 0 Å². The summed E-state index contributed by atoms with van der Waals surface area (Å²) in [7, 11) is -3.29. The van der Waals surface area contributed by atoms with E-state index in [9.17, 15) is 17.6 Å². The molecule has 1 fully saturated rings. The van der Waals surface area contributed by atoms with E-state index in [1.165, 1.54) is 27.8 Å². The Kier molecular flexibility index (Phi) is 4.35. The number of halogens is 1. The minimum absolute atomic E-state index is 0.185. The molecule has 9 heteroatoms. The lowest BCUT2D eigenvalue weighted by Crippen LogP contribution is -2.43. The third-order valence-electron chi connectivity index (χ3n) is 3.80. The van der Waals surface area contributed by atoms with Crippen molar-refractivity contribution in [3.05, 3.63) is 24.0 Å². The summed E-state index contributed by atoms with van der Waals surface area (Å²) in [5.74, 6) is -1.00. The van der Waals surface area contributed by atoms with Crippen LogP contribution < -0.4 is 5.32 Å². The predicted molar refractivity (Wildman–Crippen MR) is 87.3 cm³/mol. The van der Waals surface area contributed by atoms with Crippen molar-refractivity contribution in [1.29, 1.82) is 0 Å². The number of carbonyl (C=O) groups is 1. The van der Waals surface area contributed by atoms with Crippen LogP contribution in [0.4, 0.5) is 9.52 Å². The van der Waals surface area contributed by atoms with Gasteiger partial charge < -0.3 is 5.32 Å². The highest BCUT2D eigenvalue weighted by Crippen LogP contribution is 2.27. The van der Waals surface area contributed by atoms with E-state index < -0.39 is 15.9 Å². The first-order chi connectivity index (χ1) is 10.8. The molecule has 1 aromatic heterocycles. The summed E-state index contributed by atoms with van der Waals surface area (Å²) in [4.78, 5) is 16.6. The molecule has 1 aliphatic rings. The van der Waals surface area contributed by atoms with E-state index in [0.717, 1.165) is 6.26 Å². The van der Waals surface area contributed by atoms with Crippen molar-refractivity contribution in [3.8, 4) is 0 Å². The van der Waals surface area contributed by atoms with Crippen molar-refractivity contribution in [2.45, 2.75) is 12.8 Å². The van der Waals surface area contributed by atoms with Crippen LogP contribution in [0.2, 0.25) is 0 Å². The van der Waals surface area contributed by atoms with Crippen LogP contribution >= 0.6 is 11.3 Å². The fourth-order valence-corrected chi connectivity index (χ4v) is 4.42. The molecule has 1 aromatic carbocycles. The Morgan fingerprint density at radius 3 is 3.00 bits per heavy atom. The molecular formula is C14H16FN3O3S2. The molecule has 1 saturated heterocycles. The molecule has 1 atom stereocenters. The van der Waals surface area contributed by atoms with Crippen molar-refractivity contribution >= 4 is 42.6 Å². The van der Waals surface area contributed by atoms with Crippen LogP contribution in [-0.2, 0) is 14.8 Å². The number of nitrogens with one attached hydrogen (secondary N) is 1. The van der Waals surface area contributed by atoms with Gasteiger partial charge in [0.1, 0.15) is 5.82 Å². The third kappa shape index (κ3) is 3.67. The number of hydrogen-bond donors (Lipinski definition) is 1. The molecule has 1 amide bonds. The standard InChI is InChI=1S/C14H16FN3O3S2/c1-23(20,21)18-6-2-3-9(8-18)13(19)17-14-16-11-5-4-10(15)7-12(11)22-14/h4-5,7,9H,2-3,6,8H2,1H3,(H,16,17,19)/t9-/m1/s1. The van der Waals surface area contributed by atoms with E-state index in [1.807, 2.05) is 0 Å². The number of sulfonamides is 1. The number of nitrogens with zero attached hydrogens (tertiary/aromatic N) is 2. The monoisotopic (exact) mass is 357 g/mol. The van der Waals surface area contributed by atoms with Gasteiger partial charge in [0.05, 0.1) is 22.4 Å². The summed E-state index contributed by atoms with van der Waals surface area (Å²) in [5, 5.41) is 3.11. The average molecular weight is 357 g/mol. The molecule has 0 saturated carbocycles. The molecule has 0 aliphatic carbocycles. The number of aromatic nitrogens is 1. The summed E-state index contributed by atoms with van der Waals surface area (Å²) >= 11 is 1.20. The molecule has 0 bridgehead atoms. The van der Waals surface area contributed by atoms with Gasteiger partial charge in [0.15, 0.2) is 5.13 Å². The molecule has 23 heavy (non-hydrogen) atoms. The molecule has 3 rings (SSSR count). The van der Waals surface area contributed by atoms with Crippen molar-refractivity contribution < 1.29 is 17.6 Å². The summed E-state index contributed by atoms with van der Waals surface area (Å²) in [6.45, 7) is 0.632. The number of amides is 1. The van der Waals surface area contributed by atoms with Crippen LogP contribution in [0.25, 0.3) is 10.2 Å². The first-order valence-electron chi connectivity index (χ1n) is 7.15. The number of rotatable bonds is 3. The second-order valence-electron chi connectivity index (χ2n) is 5.58. The van der Waals surface area contributed by atoms with E-state index in [2.05, 4.69) is 10.3 Å². The number of hydrogen-bond acceptors (Lipinski definition) is 5. The maximum absolute atomic E-state index is 13.2. The highest BCUT2D eigenvalue weighted by molar-refractivity contribution is 7.88. The fraction of sp³-hybridized carbons (Fsp3) is 0.429. The van der Waals surface area contributed by atoms with Gasteiger partial charge in [-0.3, -0.25) is 4.79 Å². The number of piperidine rings is 1. The lowest BCUT2D eigenvalue weighted by atomic mass is 9.99. The molecule has 2 aromatic rings. The van der Waals surface area contributed by atoms with E-state index in [4.69, 9.17) is 0 Å². The highest BCUT2D eigenvalue weighted by Gasteiger charge is 2.30. The zero-order chi connectivity index (χ0) is 16.6. The smallest absolute Gasteiger partial charge is 0.230 e. The molecule has 0 spiro atoms. The van der Waals surface area contributed by atoms with Crippen molar-refractivity contribution in [2.75, 3.05) is 24.7 Å². The molecular weight excluding hydrogens is 341 g/mol. The zero-order valence-electron chi connectivity index (χ0n) is 12.5. The summed E-state index contributed by atoms with van der Waals surface area (Å²) in [6.07, 6.45) is 2.43. The maximum Gasteiger partial charge on any atom is 0.230 e. The van der Waals surface area contributed by atoms with Crippen molar-refractivity contribution in [3.63, 3.8) is 0 Å². The van der Waals surface area contributed by atoms with Crippen LogP contribution in [0.3, 0.4) is 0 Å². The molecule has 0 unspecified atom stereocenters. The molecule has 1 aliphatic heterocycles. The summed E-state index contributed by atoms with van der Waals surface area (Å²) in [5.41, 5.74) is 0.619. The second kappa shape index (κ2) is 6.14. The van der Waals surface area contributed by atoms with Crippen LogP contribution in [0.1, 0.15) is 12.8 Å². The average Bonchev–Trinajstić information content (AvgIpc) is 2.87. The van der Waals surface area contributed by atoms with E-state index in [-0.39, 0.29) is 18.3 Å². The first kappa shape index (κ1) is 16.3. The van der Waals surface area contributed by atoms with Gasteiger partial charge >= 0.3 is 0 Å². The van der Waals surface area contributed by atoms with Crippen LogP contribution in [0, 0.1) is 11.7 Å². The molecule has 6 nitrogen and oxygen atoms in total. The number of anilines is 1. The lowest BCUT2D eigenvalue weighted by molar-refractivity contribution is -0.120. The van der Waals surface area contributed by atoms with Gasteiger partial charge in [0.25, 0.3) is 0 Å². The van der Waals surface area contributed by atoms with Crippen LogP contribution in [0.15, 0.2) is 18.2 Å². The first-order valence-corrected chi connectivity index (χ1v) is 9.81. The fourth-order valence-electron chi connectivity index (χ4n) is 2.62. The summed E-state index contributed by atoms with van der Waals surface area (Å²) in [6, 6.07) is 4.25. The third-order valence-corrected chi connectivity index (χ3v) is 6.01. The molecule has 1 N–H and O–H groups in total. The molecule has 0 radical (unpaired) electrons. The SMILES string of the molecule is CS(=O)(=O)N1CCC[C@@H](C(=O)Nc2nc3ccc(F)cc3s2)C1. The Hall–Kier alpha value is -1.58. The quantitative estimate of drug-likeness (QED) is 0.912. The van der Waals surface area contributed by atoms with E-state index in [0.29, 0.717) is 34.7 Å². The van der Waals surface area contributed by atoms with Gasteiger partial charge in [-0.15, -0.1) is 0 Å². The van der Waals surface area contributed by atoms with Gasteiger partial charge in [-0.05, 0) is 31.0 Å². The minimum atomic E-state index is -3.29. The molecule has 124 valence electrons.